The molecule has 1 atom stereocenters. The van der Waals surface area contributed by atoms with Crippen LogP contribution in [0.25, 0.3) is 22.0 Å². The minimum absolute atomic E-state index is 0.0163. The van der Waals surface area contributed by atoms with E-state index in [0.717, 1.165) is 0 Å². The first-order valence-electron chi connectivity index (χ1n) is 8.28. The summed E-state index contributed by atoms with van der Waals surface area (Å²) in [4.78, 5) is 4.46. The molecule has 2 aromatic carbocycles. The standard InChI is InChI=1S/C20H18FN3O3/c1-27-15-5-6-18-16(8-15)19(12-3-2-4-13(21)7-12)17(9-22)20(24-18)23-10-14(26)11-25/h2-8,14,25-26H,10-11H2,1H3,(H,23,24)/t14-/m1/s1. The second-order valence-corrected chi connectivity index (χ2v) is 5.93. The zero-order chi connectivity index (χ0) is 19.4. The largest absolute Gasteiger partial charge is 0.497 e. The molecule has 1 heterocycles. The van der Waals surface area contributed by atoms with Gasteiger partial charge in [0.1, 0.15) is 29.0 Å². The van der Waals surface area contributed by atoms with Gasteiger partial charge in [0.2, 0.25) is 0 Å². The molecule has 0 radical (unpaired) electrons. The molecule has 0 fully saturated rings. The van der Waals surface area contributed by atoms with Gasteiger partial charge in [-0.05, 0) is 35.9 Å². The van der Waals surface area contributed by atoms with E-state index >= 15 is 0 Å². The van der Waals surface area contributed by atoms with Gasteiger partial charge < -0.3 is 20.3 Å². The Labute approximate surface area is 155 Å². The second-order valence-electron chi connectivity index (χ2n) is 5.93. The van der Waals surface area contributed by atoms with Gasteiger partial charge in [-0.3, -0.25) is 0 Å². The van der Waals surface area contributed by atoms with Crippen LogP contribution in [0.3, 0.4) is 0 Å². The zero-order valence-electron chi connectivity index (χ0n) is 14.6. The molecule has 0 saturated carbocycles. The second kappa shape index (κ2) is 7.99. The van der Waals surface area contributed by atoms with Crippen molar-refractivity contribution in [3.8, 4) is 22.9 Å². The van der Waals surface area contributed by atoms with Crippen molar-refractivity contribution in [1.82, 2.24) is 4.98 Å². The summed E-state index contributed by atoms with van der Waals surface area (Å²) in [6.07, 6.45) is -0.998. The molecule has 3 aromatic rings. The molecule has 0 aliphatic heterocycles. The number of ether oxygens (including phenoxy) is 1. The number of methoxy groups -OCH3 is 1. The Hall–Kier alpha value is -3.21. The van der Waals surface area contributed by atoms with Gasteiger partial charge >= 0.3 is 0 Å². The lowest BCUT2D eigenvalue weighted by Gasteiger charge is -2.16. The summed E-state index contributed by atoms with van der Waals surface area (Å²) in [6.45, 7) is -0.404. The van der Waals surface area contributed by atoms with Crippen molar-refractivity contribution >= 4 is 16.7 Å². The molecule has 138 valence electrons. The quantitative estimate of drug-likeness (QED) is 0.620. The summed E-state index contributed by atoms with van der Waals surface area (Å²) in [6, 6.07) is 13.3. The third kappa shape index (κ3) is 3.82. The summed E-state index contributed by atoms with van der Waals surface area (Å²) in [5.74, 6) is 0.415. The van der Waals surface area contributed by atoms with Gasteiger partial charge in [0.15, 0.2) is 0 Å². The van der Waals surface area contributed by atoms with Crippen LogP contribution in [0.4, 0.5) is 10.2 Å². The number of nitrogens with zero attached hydrogens (tertiary/aromatic N) is 2. The minimum Gasteiger partial charge on any atom is -0.497 e. The van der Waals surface area contributed by atoms with Crippen molar-refractivity contribution in [3.63, 3.8) is 0 Å². The van der Waals surface area contributed by atoms with Crippen LogP contribution in [0.2, 0.25) is 0 Å². The third-order valence-corrected chi connectivity index (χ3v) is 4.13. The van der Waals surface area contributed by atoms with E-state index in [4.69, 9.17) is 9.84 Å². The van der Waals surface area contributed by atoms with Crippen LogP contribution >= 0.6 is 0 Å². The van der Waals surface area contributed by atoms with E-state index in [0.29, 0.717) is 27.8 Å². The Morgan fingerprint density at radius 2 is 2.11 bits per heavy atom. The van der Waals surface area contributed by atoms with Gasteiger partial charge in [-0.25, -0.2) is 9.37 Å². The highest BCUT2D eigenvalue weighted by Gasteiger charge is 2.18. The number of pyridine rings is 1. The highest BCUT2D eigenvalue weighted by molar-refractivity contribution is 6.00. The molecule has 3 rings (SSSR count). The fourth-order valence-corrected chi connectivity index (χ4v) is 2.83. The number of hydrogen-bond acceptors (Lipinski definition) is 6. The molecule has 27 heavy (non-hydrogen) atoms. The highest BCUT2D eigenvalue weighted by atomic mass is 19.1. The van der Waals surface area contributed by atoms with E-state index in [-0.39, 0.29) is 17.9 Å². The van der Waals surface area contributed by atoms with Crippen LogP contribution < -0.4 is 10.1 Å². The average Bonchev–Trinajstić information content (AvgIpc) is 2.70. The van der Waals surface area contributed by atoms with Crippen LogP contribution in [0, 0.1) is 17.1 Å². The first kappa shape index (κ1) is 18.6. The van der Waals surface area contributed by atoms with Crippen LogP contribution in [0.15, 0.2) is 42.5 Å². The zero-order valence-corrected chi connectivity index (χ0v) is 14.6. The molecule has 0 unspecified atom stereocenters. The number of aliphatic hydroxyl groups excluding tert-OH is 2. The molecule has 3 N–H and O–H groups in total. The molecule has 0 aliphatic rings. The molecule has 0 spiro atoms. The van der Waals surface area contributed by atoms with E-state index in [1.807, 2.05) is 0 Å². The fourth-order valence-electron chi connectivity index (χ4n) is 2.83. The van der Waals surface area contributed by atoms with Crippen LogP contribution in [-0.2, 0) is 0 Å². The number of anilines is 1. The van der Waals surface area contributed by atoms with Crippen molar-refractivity contribution in [2.45, 2.75) is 6.10 Å². The van der Waals surface area contributed by atoms with E-state index in [1.165, 1.54) is 19.2 Å². The summed E-state index contributed by atoms with van der Waals surface area (Å²) >= 11 is 0. The van der Waals surface area contributed by atoms with Crippen LogP contribution in [0.5, 0.6) is 5.75 Å². The Balaban J connectivity index is 2.28. The van der Waals surface area contributed by atoms with Gasteiger partial charge in [-0.2, -0.15) is 5.26 Å². The van der Waals surface area contributed by atoms with E-state index in [9.17, 15) is 14.8 Å². The predicted molar refractivity (Wildman–Crippen MR) is 100.0 cm³/mol. The molecule has 6 nitrogen and oxygen atoms in total. The first-order chi connectivity index (χ1) is 13.1. The topological polar surface area (TPSA) is 98.4 Å². The van der Waals surface area contributed by atoms with Crippen molar-refractivity contribution < 1.29 is 19.3 Å². The SMILES string of the molecule is COc1ccc2nc(NC[C@@H](O)CO)c(C#N)c(-c3cccc(F)c3)c2c1. The normalized spacial score (nSPS) is 11.8. The number of nitrogens with one attached hydrogen (secondary N) is 1. The summed E-state index contributed by atoms with van der Waals surface area (Å²) in [7, 11) is 1.54. The number of aromatic nitrogens is 1. The number of aliphatic hydroxyl groups is 2. The van der Waals surface area contributed by atoms with Crippen molar-refractivity contribution in [3.05, 3.63) is 53.8 Å². The average molecular weight is 367 g/mol. The van der Waals surface area contributed by atoms with Gasteiger partial charge in [0.05, 0.1) is 25.3 Å². The van der Waals surface area contributed by atoms with Gasteiger partial charge in [-0.15, -0.1) is 0 Å². The Kier molecular flexibility index (Phi) is 5.50. The number of benzene rings is 2. The fraction of sp³-hybridized carbons (Fsp3) is 0.200. The Morgan fingerprint density at radius 1 is 1.30 bits per heavy atom. The molecular weight excluding hydrogens is 349 g/mol. The van der Waals surface area contributed by atoms with Crippen LogP contribution in [0.1, 0.15) is 5.56 Å². The predicted octanol–water partition coefficient (Wildman–Crippen LogP) is 2.69. The minimum atomic E-state index is -0.998. The van der Waals surface area contributed by atoms with Gasteiger partial charge in [0.25, 0.3) is 0 Å². The monoisotopic (exact) mass is 367 g/mol. The van der Waals surface area contributed by atoms with Crippen molar-refractivity contribution in [2.24, 2.45) is 0 Å². The number of halogens is 1. The molecular formula is C20H18FN3O3. The Morgan fingerprint density at radius 3 is 2.78 bits per heavy atom. The van der Waals surface area contributed by atoms with E-state index in [2.05, 4.69) is 16.4 Å². The third-order valence-electron chi connectivity index (χ3n) is 4.13. The number of nitriles is 1. The summed E-state index contributed by atoms with van der Waals surface area (Å²) in [5, 5.41) is 31.9. The smallest absolute Gasteiger partial charge is 0.145 e. The molecule has 1 aromatic heterocycles. The number of rotatable bonds is 6. The van der Waals surface area contributed by atoms with E-state index < -0.39 is 18.5 Å². The lowest BCUT2D eigenvalue weighted by Crippen LogP contribution is -2.23. The molecule has 0 bridgehead atoms. The maximum Gasteiger partial charge on any atom is 0.145 e. The summed E-state index contributed by atoms with van der Waals surface area (Å²) in [5.41, 5.74) is 1.83. The first-order valence-corrected chi connectivity index (χ1v) is 8.28. The lowest BCUT2D eigenvalue weighted by atomic mass is 9.95. The summed E-state index contributed by atoms with van der Waals surface area (Å²) < 4.78 is 19.1. The molecule has 0 amide bonds. The molecule has 0 aliphatic carbocycles. The van der Waals surface area contributed by atoms with Crippen LogP contribution in [-0.4, -0.2) is 41.6 Å². The maximum atomic E-state index is 13.8. The maximum absolute atomic E-state index is 13.8. The lowest BCUT2D eigenvalue weighted by molar-refractivity contribution is 0.105. The number of fused-ring (bicyclic) bond motifs is 1. The van der Waals surface area contributed by atoms with E-state index in [1.54, 1.807) is 30.3 Å². The van der Waals surface area contributed by atoms with Crippen molar-refractivity contribution in [2.75, 3.05) is 25.6 Å². The molecule has 0 saturated heterocycles. The Bertz CT molecular complexity index is 1020. The van der Waals surface area contributed by atoms with Crippen molar-refractivity contribution in [1.29, 1.82) is 5.26 Å². The van der Waals surface area contributed by atoms with Gasteiger partial charge in [0, 0.05) is 17.5 Å². The number of hydrogen-bond donors (Lipinski definition) is 3. The molecule has 7 heteroatoms. The highest BCUT2D eigenvalue weighted by Crippen LogP contribution is 2.36. The van der Waals surface area contributed by atoms with Gasteiger partial charge in [-0.1, -0.05) is 12.1 Å².